The van der Waals surface area contributed by atoms with Gasteiger partial charge in [-0.2, -0.15) is 20.4 Å². The maximum absolute atomic E-state index is 5.67. The van der Waals surface area contributed by atoms with E-state index in [2.05, 4.69) is 40.2 Å². The molecule has 232 valence electrons. The molecule has 0 N–H and O–H groups in total. The maximum atomic E-state index is 5.67. The van der Waals surface area contributed by atoms with E-state index in [-0.39, 0.29) is 19.5 Å². The number of hydrogen-bond donors (Lipinski definition) is 0. The van der Waals surface area contributed by atoms with Crippen LogP contribution < -0.4 is 9.47 Å². The van der Waals surface area contributed by atoms with Gasteiger partial charge < -0.3 is 54.3 Å². The molecule has 0 bridgehead atoms. The van der Waals surface area contributed by atoms with Crippen molar-refractivity contribution in [3.63, 3.8) is 0 Å². The number of likely N-dealkylation sites (N-methyl/N-ethyl adjacent to an activating group) is 2. The summed E-state index contributed by atoms with van der Waals surface area (Å²) in [5.74, 6) is 1.54. The Morgan fingerprint density at radius 3 is 1.30 bits per heavy atom. The smallest absolute Gasteiger partial charge is 0.741 e. The van der Waals surface area contributed by atoms with Crippen LogP contribution >= 0.6 is 0 Å². The van der Waals surface area contributed by atoms with Crippen molar-refractivity contribution in [3.8, 4) is 11.5 Å². The minimum atomic E-state index is 0. The largest absolute Gasteiger partial charge is 2.00 e. The standard InChI is InChI=1S/2C14H23N5OS.Zn/c2*1-11(16-17-14(21)19(4)5)13-10-12(6-7-15-13)20-9-8-18(2)3;/h2*6-7,10H,8-9H2,1-5H3,(H,17,21);/q;;+2/p-2. The molecule has 2 heterocycles. The van der Waals surface area contributed by atoms with Crippen LogP contribution in [0.15, 0.2) is 57.1 Å². The third-order valence-electron chi connectivity index (χ3n) is 5.15. The van der Waals surface area contributed by atoms with Crippen molar-refractivity contribution in [2.75, 3.05) is 82.7 Å². The Labute approximate surface area is 280 Å². The van der Waals surface area contributed by atoms with Crippen molar-refractivity contribution in [3.05, 3.63) is 48.0 Å². The fourth-order valence-corrected chi connectivity index (χ4v) is 2.69. The summed E-state index contributed by atoms with van der Waals surface area (Å²) >= 11 is 10.1. The van der Waals surface area contributed by atoms with Gasteiger partial charge in [0.1, 0.15) is 24.7 Å². The van der Waals surface area contributed by atoms with Crippen LogP contribution in [-0.2, 0) is 44.7 Å². The summed E-state index contributed by atoms with van der Waals surface area (Å²) in [6, 6.07) is 7.35. The molecule has 0 amide bonds. The van der Waals surface area contributed by atoms with E-state index in [0.29, 0.717) is 35.0 Å². The molecule has 0 aliphatic carbocycles. The minimum Gasteiger partial charge on any atom is -0.741 e. The molecular weight excluding hydrogens is 638 g/mol. The molecule has 0 aliphatic rings. The van der Waals surface area contributed by atoms with E-state index in [1.807, 2.05) is 94.5 Å². The van der Waals surface area contributed by atoms with Crippen molar-refractivity contribution < 1.29 is 29.0 Å². The molecule has 0 aromatic carbocycles. The van der Waals surface area contributed by atoms with Crippen LogP contribution in [0.5, 0.6) is 11.5 Å². The molecule has 0 atom stereocenters. The van der Waals surface area contributed by atoms with Crippen LogP contribution in [-0.4, -0.2) is 134 Å². The van der Waals surface area contributed by atoms with E-state index in [4.69, 9.17) is 34.7 Å². The van der Waals surface area contributed by atoms with Gasteiger partial charge in [0, 0.05) is 76.1 Å². The number of aromatic nitrogens is 2. The van der Waals surface area contributed by atoms with Gasteiger partial charge in [0.15, 0.2) is 0 Å². The first-order valence-corrected chi connectivity index (χ1v) is 14.0. The summed E-state index contributed by atoms with van der Waals surface area (Å²) in [6.45, 7) is 6.65. The SMILES string of the molecule is CC(=NN=C([S-])N(C)C)c1cc(OCCN(C)C)ccn1.CC(=NN=C([S-])N(C)C)c1cc(OCCN(C)C)ccn1.[Zn+2]. The first-order valence-electron chi connectivity index (χ1n) is 13.2. The van der Waals surface area contributed by atoms with Crippen LogP contribution in [0.4, 0.5) is 0 Å². The molecule has 2 rings (SSSR count). The molecule has 0 saturated carbocycles. The van der Waals surface area contributed by atoms with E-state index in [9.17, 15) is 0 Å². The molecule has 15 heteroatoms. The molecule has 0 fully saturated rings. The van der Waals surface area contributed by atoms with Gasteiger partial charge in [-0.15, -0.1) is 0 Å². The summed E-state index contributed by atoms with van der Waals surface area (Å²) < 4.78 is 11.3. The Morgan fingerprint density at radius 1 is 0.651 bits per heavy atom. The van der Waals surface area contributed by atoms with E-state index >= 15 is 0 Å². The van der Waals surface area contributed by atoms with Gasteiger partial charge in [-0.1, -0.05) is 0 Å². The summed E-state index contributed by atoms with van der Waals surface area (Å²) in [4.78, 5) is 16.1. The molecule has 0 spiro atoms. The number of pyridine rings is 2. The van der Waals surface area contributed by atoms with Gasteiger partial charge in [-0.05, 0) is 54.2 Å². The quantitative estimate of drug-likeness (QED) is 0.109. The predicted octanol–water partition coefficient (Wildman–Crippen LogP) is 2.42. The fourth-order valence-electron chi connectivity index (χ4n) is 2.61. The minimum absolute atomic E-state index is 0. The van der Waals surface area contributed by atoms with Crippen molar-refractivity contribution in [2.24, 2.45) is 20.4 Å². The zero-order valence-electron chi connectivity index (χ0n) is 27.1. The van der Waals surface area contributed by atoms with Gasteiger partial charge in [-0.25, -0.2) is 0 Å². The monoisotopic (exact) mass is 680 g/mol. The maximum Gasteiger partial charge on any atom is 2.00 e. The Balaban J connectivity index is 0.000000802. The third-order valence-corrected chi connectivity index (χ3v) is 6.05. The molecular formula is C28H44N10O2S2Zn. The summed E-state index contributed by atoms with van der Waals surface area (Å²) in [6.07, 6.45) is 3.40. The average Bonchev–Trinajstić information content (AvgIpc) is 2.94. The number of ether oxygens (including phenoxy) is 2. The van der Waals surface area contributed by atoms with Gasteiger partial charge in [-0.3, -0.25) is 9.97 Å². The molecule has 0 saturated heterocycles. The Kier molecular flexibility index (Phi) is 20.4. The molecule has 0 radical (unpaired) electrons. The fraction of sp³-hybridized carbons (Fsp3) is 0.500. The predicted molar refractivity (Wildman–Crippen MR) is 178 cm³/mol. The second-order valence-corrected chi connectivity index (χ2v) is 10.7. The van der Waals surface area contributed by atoms with Gasteiger partial charge >= 0.3 is 19.5 Å². The van der Waals surface area contributed by atoms with Crippen molar-refractivity contribution in [1.82, 2.24) is 29.6 Å². The van der Waals surface area contributed by atoms with Gasteiger partial charge in [0.25, 0.3) is 0 Å². The molecule has 2 aromatic heterocycles. The van der Waals surface area contributed by atoms with Crippen molar-refractivity contribution >= 4 is 47.0 Å². The van der Waals surface area contributed by atoms with E-state index in [1.54, 1.807) is 22.2 Å². The first kappa shape index (κ1) is 40.2. The normalized spacial score (nSPS) is 12.4. The van der Waals surface area contributed by atoms with Crippen LogP contribution in [0.1, 0.15) is 25.2 Å². The summed E-state index contributed by atoms with van der Waals surface area (Å²) in [5, 5.41) is 17.0. The Hall–Kier alpha value is -2.84. The van der Waals surface area contributed by atoms with Gasteiger partial charge in [0.05, 0.1) is 22.8 Å². The number of rotatable bonds is 12. The Bertz CT molecular complexity index is 1130. The number of hydrogen-bond acceptors (Lipinski definition) is 12. The second kappa shape index (κ2) is 21.8. The zero-order chi connectivity index (χ0) is 31.7. The molecule has 12 nitrogen and oxygen atoms in total. The average molecular weight is 682 g/mol. The van der Waals surface area contributed by atoms with Crippen molar-refractivity contribution in [2.45, 2.75) is 13.8 Å². The van der Waals surface area contributed by atoms with E-state index < -0.39 is 0 Å². The van der Waals surface area contributed by atoms with E-state index in [0.717, 1.165) is 36.0 Å². The second-order valence-electron chi connectivity index (χ2n) is 9.98. The first-order chi connectivity index (χ1) is 19.8. The molecule has 0 unspecified atom stereocenters. The van der Waals surface area contributed by atoms with E-state index in [1.165, 1.54) is 0 Å². The topological polar surface area (TPSA) is 107 Å². The van der Waals surface area contributed by atoms with Crippen LogP contribution in [0.25, 0.3) is 0 Å². The van der Waals surface area contributed by atoms with Gasteiger partial charge in [0.2, 0.25) is 0 Å². The molecule has 2 aromatic rings. The summed E-state index contributed by atoms with van der Waals surface area (Å²) in [7, 11) is 15.3. The molecule has 0 aliphatic heterocycles. The van der Waals surface area contributed by atoms with Crippen LogP contribution in [0.2, 0.25) is 0 Å². The summed E-state index contributed by atoms with van der Waals surface area (Å²) in [5.41, 5.74) is 2.83. The number of amidine groups is 2. The number of nitrogens with zero attached hydrogens (tertiary/aromatic N) is 10. The third kappa shape index (κ3) is 17.8. The van der Waals surface area contributed by atoms with Crippen LogP contribution in [0, 0.1) is 0 Å². The van der Waals surface area contributed by atoms with Crippen molar-refractivity contribution in [1.29, 1.82) is 0 Å². The Morgan fingerprint density at radius 2 is 1.00 bits per heavy atom. The molecule has 43 heavy (non-hydrogen) atoms. The van der Waals surface area contributed by atoms with Crippen LogP contribution in [0.3, 0.4) is 0 Å². The zero-order valence-corrected chi connectivity index (χ0v) is 31.7.